The minimum atomic E-state index is -0.560. The van der Waals surface area contributed by atoms with E-state index in [4.69, 9.17) is 28.9 Å². The van der Waals surface area contributed by atoms with Gasteiger partial charge in [0.2, 0.25) is 0 Å². The predicted octanol–water partition coefficient (Wildman–Crippen LogP) is 3.85. The van der Waals surface area contributed by atoms with E-state index >= 15 is 0 Å². The molecule has 0 aliphatic rings. The monoisotopic (exact) mass is 271 g/mol. The van der Waals surface area contributed by atoms with Crippen molar-refractivity contribution < 1.29 is 4.39 Å². The van der Waals surface area contributed by atoms with Crippen molar-refractivity contribution >= 4 is 40.4 Å². The van der Waals surface area contributed by atoms with Gasteiger partial charge in [-0.15, -0.1) is 0 Å². The predicted molar refractivity (Wildman–Crippen MR) is 68.4 cm³/mol. The molecule has 0 unspecified atom stereocenters. The van der Waals surface area contributed by atoms with Gasteiger partial charge in [-0.05, 0) is 24.3 Å². The Hall–Kier alpha value is -1.52. The fraction of sp³-hybridized carbons (Fsp3) is 0. The first kappa shape index (κ1) is 12.0. The Morgan fingerprint density at radius 1 is 1.18 bits per heavy atom. The maximum atomic E-state index is 13.6. The van der Waals surface area contributed by atoms with Gasteiger partial charge in [-0.1, -0.05) is 29.3 Å². The number of hydrogen-bond donors (Lipinski definition) is 2. The van der Waals surface area contributed by atoms with Crippen LogP contribution in [0.3, 0.4) is 0 Å². The molecule has 0 fully saturated rings. The summed E-state index contributed by atoms with van der Waals surface area (Å²) in [5.74, 6) is -0.269. The minimum Gasteiger partial charge on any atom is -0.396 e. The Morgan fingerprint density at radius 3 is 2.71 bits per heavy atom. The van der Waals surface area contributed by atoms with E-state index in [0.717, 1.165) is 0 Å². The van der Waals surface area contributed by atoms with Gasteiger partial charge in [0.1, 0.15) is 5.15 Å². The highest BCUT2D eigenvalue weighted by molar-refractivity contribution is 6.31. The summed E-state index contributed by atoms with van der Waals surface area (Å²) in [5, 5.41) is 3.03. The lowest BCUT2D eigenvalue weighted by atomic mass is 10.3. The minimum absolute atomic E-state index is 0.0237. The van der Waals surface area contributed by atoms with E-state index in [0.29, 0.717) is 11.5 Å². The fourth-order valence-electron chi connectivity index (χ4n) is 1.27. The van der Waals surface area contributed by atoms with Crippen LogP contribution in [0.4, 0.5) is 21.6 Å². The summed E-state index contributed by atoms with van der Waals surface area (Å²) < 4.78 is 13.6. The summed E-state index contributed by atoms with van der Waals surface area (Å²) in [6, 6.07) is 7.74. The highest BCUT2D eigenvalue weighted by Crippen LogP contribution is 2.27. The van der Waals surface area contributed by atoms with Crippen LogP contribution in [0.25, 0.3) is 0 Å². The van der Waals surface area contributed by atoms with Crippen molar-refractivity contribution in [1.29, 1.82) is 0 Å². The van der Waals surface area contributed by atoms with Crippen molar-refractivity contribution in [3.05, 3.63) is 46.3 Å². The average Bonchev–Trinajstić information content (AvgIpc) is 2.30. The SMILES string of the molecule is Nc1ccc(Cl)nc1Nc1cccc(Cl)c1F. The van der Waals surface area contributed by atoms with E-state index in [1.54, 1.807) is 18.2 Å². The van der Waals surface area contributed by atoms with Crippen molar-refractivity contribution in [2.45, 2.75) is 0 Å². The molecule has 1 heterocycles. The Bertz CT molecular complexity index is 560. The van der Waals surface area contributed by atoms with E-state index < -0.39 is 5.82 Å². The largest absolute Gasteiger partial charge is 0.396 e. The lowest BCUT2D eigenvalue weighted by molar-refractivity contribution is 0.632. The molecule has 0 aliphatic carbocycles. The first-order chi connectivity index (χ1) is 8.08. The van der Waals surface area contributed by atoms with E-state index in [1.807, 2.05) is 0 Å². The Labute approximate surface area is 107 Å². The normalized spacial score (nSPS) is 10.3. The van der Waals surface area contributed by atoms with Crippen molar-refractivity contribution in [3.63, 3.8) is 0 Å². The zero-order valence-corrected chi connectivity index (χ0v) is 10.1. The molecule has 2 aromatic rings. The molecule has 0 atom stereocenters. The molecule has 0 bridgehead atoms. The van der Waals surface area contributed by atoms with Crippen molar-refractivity contribution in [1.82, 2.24) is 4.98 Å². The van der Waals surface area contributed by atoms with Crippen molar-refractivity contribution in [3.8, 4) is 0 Å². The van der Waals surface area contributed by atoms with Crippen LogP contribution < -0.4 is 11.1 Å². The summed E-state index contributed by atoms with van der Waals surface area (Å²) in [6.45, 7) is 0. The van der Waals surface area contributed by atoms with Crippen LogP contribution in [0, 0.1) is 5.82 Å². The van der Waals surface area contributed by atoms with E-state index in [2.05, 4.69) is 10.3 Å². The number of hydrogen-bond acceptors (Lipinski definition) is 3. The smallest absolute Gasteiger partial charge is 0.165 e. The molecule has 0 saturated heterocycles. The summed E-state index contributed by atoms with van der Waals surface area (Å²) >= 11 is 11.4. The number of nitrogen functional groups attached to an aromatic ring is 1. The standard InChI is InChI=1S/C11H8Cl2FN3/c12-6-2-1-3-8(10(6)14)16-11-7(15)4-5-9(13)17-11/h1-5H,15H2,(H,16,17). The molecule has 1 aromatic heterocycles. The van der Waals surface area contributed by atoms with Crippen LogP contribution in [0.15, 0.2) is 30.3 Å². The second kappa shape index (κ2) is 4.77. The van der Waals surface area contributed by atoms with Crippen molar-refractivity contribution in [2.24, 2.45) is 0 Å². The van der Waals surface area contributed by atoms with Gasteiger partial charge in [0, 0.05) is 0 Å². The maximum absolute atomic E-state index is 13.6. The molecule has 88 valence electrons. The molecular weight excluding hydrogens is 264 g/mol. The van der Waals surface area contributed by atoms with E-state index in [9.17, 15) is 4.39 Å². The number of anilines is 3. The quantitative estimate of drug-likeness (QED) is 0.816. The number of aromatic nitrogens is 1. The molecule has 0 saturated carbocycles. The Balaban J connectivity index is 2.38. The van der Waals surface area contributed by atoms with Crippen LogP contribution in [0.5, 0.6) is 0 Å². The van der Waals surface area contributed by atoms with Crippen LogP contribution in [-0.2, 0) is 0 Å². The van der Waals surface area contributed by atoms with Crippen LogP contribution in [0.2, 0.25) is 10.2 Å². The molecule has 0 amide bonds. The summed E-state index contributed by atoms with van der Waals surface area (Å²) in [6.07, 6.45) is 0. The summed E-state index contributed by atoms with van der Waals surface area (Å²) in [5.41, 5.74) is 6.25. The number of nitrogens with two attached hydrogens (primary N) is 1. The number of nitrogens with zero attached hydrogens (tertiary/aromatic N) is 1. The molecule has 0 aliphatic heterocycles. The molecule has 0 radical (unpaired) electrons. The van der Waals surface area contributed by atoms with Gasteiger partial charge in [-0.25, -0.2) is 9.37 Å². The van der Waals surface area contributed by atoms with Gasteiger partial charge in [0.05, 0.1) is 16.4 Å². The second-order valence-electron chi connectivity index (χ2n) is 3.30. The third-order valence-electron chi connectivity index (χ3n) is 2.10. The highest BCUT2D eigenvalue weighted by atomic mass is 35.5. The zero-order chi connectivity index (χ0) is 12.4. The summed E-state index contributed by atoms with van der Waals surface area (Å²) in [7, 11) is 0. The Kier molecular flexibility index (Phi) is 3.36. The van der Waals surface area contributed by atoms with E-state index in [-0.39, 0.29) is 15.9 Å². The first-order valence-electron chi connectivity index (χ1n) is 4.71. The summed E-state index contributed by atoms with van der Waals surface area (Å²) in [4.78, 5) is 3.96. The first-order valence-corrected chi connectivity index (χ1v) is 5.46. The highest BCUT2D eigenvalue weighted by Gasteiger charge is 2.09. The lowest BCUT2D eigenvalue weighted by Gasteiger charge is -2.09. The molecule has 2 rings (SSSR count). The zero-order valence-electron chi connectivity index (χ0n) is 8.55. The third kappa shape index (κ3) is 2.60. The van der Waals surface area contributed by atoms with Crippen molar-refractivity contribution in [2.75, 3.05) is 11.1 Å². The maximum Gasteiger partial charge on any atom is 0.165 e. The number of benzene rings is 1. The average molecular weight is 272 g/mol. The van der Waals surface area contributed by atoms with Crippen LogP contribution in [-0.4, -0.2) is 4.98 Å². The van der Waals surface area contributed by atoms with Crippen LogP contribution >= 0.6 is 23.2 Å². The van der Waals surface area contributed by atoms with Gasteiger partial charge < -0.3 is 11.1 Å². The molecule has 3 N–H and O–H groups in total. The third-order valence-corrected chi connectivity index (χ3v) is 2.60. The van der Waals surface area contributed by atoms with Gasteiger partial charge >= 0.3 is 0 Å². The lowest BCUT2D eigenvalue weighted by Crippen LogP contribution is -2.01. The molecular formula is C11H8Cl2FN3. The van der Waals surface area contributed by atoms with Gasteiger partial charge in [-0.2, -0.15) is 0 Å². The van der Waals surface area contributed by atoms with Gasteiger partial charge in [0.15, 0.2) is 11.6 Å². The molecule has 3 nitrogen and oxygen atoms in total. The molecule has 17 heavy (non-hydrogen) atoms. The topological polar surface area (TPSA) is 50.9 Å². The van der Waals surface area contributed by atoms with Gasteiger partial charge in [-0.3, -0.25) is 0 Å². The van der Waals surface area contributed by atoms with Gasteiger partial charge in [0.25, 0.3) is 0 Å². The molecule has 1 aromatic carbocycles. The molecule has 6 heteroatoms. The Morgan fingerprint density at radius 2 is 1.94 bits per heavy atom. The van der Waals surface area contributed by atoms with Crippen LogP contribution in [0.1, 0.15) is 0 Å². The number of rotatable bonds is 2. The fourth-order valence-corrected chi connectivity index (χ4v) is 1.60. The number of pyridine rings is 1. The van der Waals surface area contributed by atoms with E-state index in [1.165, 1.54) is 12.1 Å². The number of nitrogens with one attached hydrogen (secondary N) is 1. The number of halogens is 3. The second-order valence-corrected chi connectivity index (χ2v) is 4.09. The molecule has 0 spiro atoms.